The van der Waals surface area contributed by atoms with Gasteiger partial charge in [-0.15, -0.1) is 22.7 Å². The summed E-state index contributed by atoms with van der Waals surface area (Å²) in [4.78, 5) is 0. The van der Waals surface area contributed by atoms with E-state index in [1.807, 2.05) is 12.1 Å². The van der Waals surface area contributed by atoms with Crippen LogP contribution >= 0.6 is 22.7 Å². The number of fused-ring (bicyclic) bond motifs is 3. The summed E-state index contributed by atoms with van der Waals surface area (Å²) in [6, 6.07) is 8.37. The number of thiophene rings is 2. The van der Waals surface area contributed by atoms with Crippen LogP contribution in [0.4, 0.5) is 0 Å². The van der Waals surface area contributed by atoms with Crippen molar-refractivity contribution in [1.29, 1.82) is 0 Å². The highest BCUT2D eigenvalue weighted by molar-refractivity contribution is 7.25. The van der Waals surface area contributed by atoms with Crippen LogP contribution in [0.2, 0.25) is 0 Å². The maximum atomic E-state index is 3.15. The molecule has 56 valence electrons. The first-order valence-corrected chi connectivity index (χ1v) is 5.26. The fourth-order valence-corrected chi connectivity index (χ4v) is 3.10. The van der Waals surface area contributed by atoms with Crippen LogP contribution < -0.4 is 0 Å². The Kier molecular flexibility index (Phi) is 1.28. The summed E-state index contributed by atoms with van der Waals surface area (Å²) in [6.45, 7) is 0. The molecule has 3 rings (SSSR count). The van der Waals surface area contributed by atoms with Crippen LogP contribution in [0, 0.1) is 10.8 Å². The highest BCUT2D eigenvalue weighted by atomic mass is 32.1. The topological polar surface area (TPSA) is 0 Å². The molecule has 0 atom stereocenters. The van der Waals surface area contributed by atoms with E-state index in [1.165, 1.54) is 20.2 Å². The van der Waals surface area contributed by atoms with E-state index >= 15 is 0 Å². The first-order valence-electron chi connectivity index (χ1n) is 3.63. The Hall–Kier alpha value is -0.860. The smallest absolute Gasteiger partial charge is 0.0528 e. The largest absolute Gasteiger partial charge is 0.133 e. The van der Waals surface area contributed by atoms with E-state index < -0.39 is 0 Å². The highest BCUT2D eigenvalue weighted by Crippen LogP contribution is 2.32. The summed E-state index contributed by atoms with van der Waals surface area (Å²) in [7, 11) is 0. The Labute approximate surface area is 78.1 Å². The minimum atomic E-state index is 1.29. The molecule has 0 aliphatic carbocycles. The van der Waals surface area contributed by atoms with Gasteiger partial charge in [0.05, 0.1) is 9.40 Å². The van der Waals surface area contributed by atoms with Crippen LogP contribution in [0.1, 0.15) is 0 Å². The van der Waals surface area contributed by atoms with Gasteiger partial charge in [-0.05, 0) is 22.9 Å². The Morgan fingerprint density at radius 1 is 0.833 bits per heavy atom. The number of hydrogen-bond acceptors (Lipinski definition) is 2. The lowest BCUT2D eigenvalue weighted by Gasteiger charge is -1.90. The lowest BCUT2D eigenvalue weighted by Crippen LogP contribution is -1.62. The average Bonchev–Trinajstić information content (AvgIpc) is 2.71. The lowest BCUT2D eigenvalue weighted by molar-refractivity contribution is 1.97. The second kappa shape index (κ2) is 2.31. The second-order valence-corrected chi connectivity index (χ2v) is 4.33. The fraction of sp³-hybridized carbons (Fsp3) is 0. The molecule has 2 radical (unpaired) electrons. The first kappa shape index (κ1) is 6.63. The Morgan fingerprint density at radius 2 is 1.33 bits per heavy atom. The molecule has 2 heteroatoms. The molecule has 0 N–H and O–H groups in total. The summed E-state index contributed by atoms with van der Waals surface area (Å²) >= 11 is 3.37. The van der Waals surface area contributed by atoms with Crippen LogP contribution in [0.15, 0.2) is 24.3 Å². The molecular weight excluding hydrogens is 184 g/mol. The van der Waals surface area contributed by atoms with Crippen molar-refractivity contribution in [2.45, 2.75) is 0 Å². The van der Waals surface area contributed by atoms with Gasteiger partial charge in [-0.1, -0.05) is 12.1 Å². The van der Waals surface area contributed by atoms with Crippen LogP contribution in [0.25, 0.3) is 20.2 Å². The van der Waals surface area contributed by atoms with E-state index in [0.717, 1.165) is 0 Å². The quantitative estimate of drug-likeness (QED) is 0.504. The Morgan fingerprint density at radius 3 is 1.83 bits per heavy atom. The minimum Gasteiger partial charge on any atom is -0.133 e. The monoisotopic (exact) mass is 188 g/mol. The maximum Gasteiger partial charge on any atom is 0.0528 e. The van der Waals surface area contributed by atoms with Gasteiger partial charge in [0.25, 0.3) is 0 Å². The molecule has 0 saturated carbocycles. The highest BCUT2D eigenvalue weighted by Gasteiger charge is 2.01. The zero-order valence-electron chi connectivity index (χ0n) is 6.13. The molecule has 0 nitrogen and oxygen atoms in total. The molecule has 0 amide bonds. The van der Waals surface area contributed by atoms with Crippen molar-refractivity contribution < 1.29 is 0 Å². The van der Waals surface area contributed by atoms with E-state index in [9.17, 15) is 0 Å². The van der Waals surface area contributed by atoms with E-state index in [1.54, 1.807) is 22.7 Å². The van der Waals surface area contributed by atoms with Crippen molar-refractivity contribution in [2.75, 3.05) is 0 Å². The second-order valence-electron chi connectivity index (χ2n) is 2.63. The van der Waals surface area contributed by atoms with E-state index in [2.05, 4.69) is 22.9 Å². The predicted molar refractivity (Wildman–Crippen MR) is 54.9 cm³/mol. The van der Waals surface area contributed by atoms with Gasteiger partial charge in [0.2, 0.25) is 0 Å². The van der Waals surface area contributed by atoms with Crippen molar-refractivity contribution in [3.05, 3.63) is 35.0 Å². The third-order valence-electron chi connectivity index (χ3n) is 1.92. The average molecular weight is 188 g/mol. The molecule has 0 aliphatic rings. The Bertz CT molecular complexity index is 481. The van der Waals surface area contributed by atoms with E-state index in [4.69, 9.17) is 0 Å². The molecule has 0 bridgehead atoms. The zero-order chi connectivity index (χ0) is 7.97. The van der Waals surface area contributed by atoms with Gasteiger partial charge in [0, 0.05) is 10.8 Å². The van der Waals surface area contributed by atoms with Crippen molar-refractivity contribution in [1.82, 2.24) is 0 Å². The van der Waals surface area contributed by atoms with Gasteiger partial charge in [-0.2, -0.15) is 0 Å². The molecule has 2 heterocycles. The summed E-state index contributed by atoms with van der Waals surface area (Å²) in [5.74, 6) is 0. The summed E-state index contributed by atoms with van der Waals surface area (Å²) in [6.07, 6.45) is 0. The van der Waals surface area contributed by atoms with Crippen LogP contribution in [0.3, 0.4) is 0 Å². The fourth-order valence-electron chi connectivity index (χ4n) is 1.33. The number of hydrogen-bond donors (Lipinski definition) is 0. The summed E-state index contributed by atoms with van der Waals surface area (Å²) in [5, 5.41) is 8.90. The maximum absolute atomic E-state index is 3.15. The number of rotatable bonds is 0. The normalized spacial score (nSPS) is 11.3. The molecule has 12 heavy (non-hydrogen) atoms. The lowest BCUT2D eigenvalue weighted by atomic mass is 10.2. The van der Waals surface area contributed by atoms with Crippen LogP contribution in [-0.4, -0.2) is 0 Å². The third kappa shape index (κ3) is 0.765. The molecule has 0 fully saturated rings. The minimum absolute atomic E-state index is 1.29. The molecule has 2 aromatic heterocycles. The zero-order valence-corrected chi connectivity index (χ0v) is 7.76. The SMILES string of the molecule is [c]1cc2ccc3c[c]sc3c2s1. The summed E-state index contributed by atoms with van der Waals surface area (Å²) in [5.41, 5.74) is 0. The van der Waals surface area contributed by atoms with Crippen LogP contribution in [0.5, 0.6) is 0 Å². The molecule has 0 unspecified atom stereocenters. The van der Waals surface area contributed by atoms with Gasteiger partial charge in [-0.25, -0.2) is 0 Å². The first-order chi connectivity index (χ1) is 5.95. The van der Waals surface area contributed by atoms with Gasteiger partial charge in [-0.3, -0.25) is 0 Å². The van der Waals surface area contributed by atoms with Crippen LogP contribution in [-0.2, 0) is 0 Å². The van der Waals surface area contributed by atoms with Crippen molar-refractivity contribution >= 4 is 42.8 Å². The third-order valence-corrected chi connectivity index (χ3v) is 3.81. The predicted octanol–water partition coefficient (Wildman–Crippen LogP) is 3.72. The number of benzene rings is 1. The molecule has 0 saturated heterocycles. The summed E-state index contributed by atoms with van der Waals surface area (Å²) < 4.78 is 2.69. The molecule has 0 spiro atoms. The van der Waals surface area contributed by atoms with Gasteiger partial charge < -0.3 is 0 Å². The van der Waals surface area contributed by atoms with Gasteiger partial charge in [0.1, 0.15) is 0 Å². The van der Waals surface area contributed by atoms with Gasteiger partial charge >= 0.3 is 0 Å². The Balaban J connectivity index is 2.71. The molecule has 3 aromatic rings. The van der Waals surface area contributed by atoms with Gasteiger partial charge in [0.15, 0.2) is 0 Å². The van der Waals surface area contributed by atoms with Crippen molar-refractivity contribution in [2.24, 2.45) is 0 Å². The van der Waals surface area contributed by atoms with E-state index in [-0.39, 0.29) is 0 Å². The molecule has 1 aromatic carbocycles. The standard InChI is InChI=1S/C10H4S2/c1-2-8-4-6-12-10(8)9-7(1)3-5-11-9/h1-4H. The van der Waals surface area contributed by atoms with E-state index in [0.29, 0.717) is 0 Å². The molecular formula is C10H4S2. The van der Waals surface area contributed by atoms with Crippen molar-refractivity contribution in [3.63, 3.8) is 0 Å². The van der Waals surface area contributed by atoms with Crippen molar-refractivity contribution in [3.8, 4) is 0 Å². The molecule has 0 aliphatic heterocycles.